The average Bonchev–Trinajstić information content (AvgIpc) is 3.02. The zero-order valence-electron chi connectivity index (χ0n) is 21.0. The Morgan fingerprint density at radius 3 is 1.54 bits per heavy atom. The lowest BCUT2D eigenvalue weighted by atomic mass is 9.61. The van der Waals surface area contributed by atoms with E-state index in [0.29, 0.717) is 0 Å². The summed E-state index contributed by atoms with van der Waals surface area (Å²) < 4.78 is 6.48. The molecule has 2 aliphatic rings. The predicted octanol–water partition coefficient (Wildman–Crippen LogP) is 8.42. The van der Waals surface area contributed by atoms with E-state index in [1.165, 1.54) is 11.1 Å². The predicted molar refractivity (Wildman–Crippen MR) is 154 cm³/mol. The van der Waals surface area contributed by atoms with Crippen LogP contribution in [0, 0.1) is 0 Å². The van der Waals surface area contributed by atoms with E-state index in [0.717, 1.165) is 51.1 Å². The van der Waals surface area contributed by atoms with Gasteiger partial charge in [-0.15, -0.1) is 0 Å². The van der Waals surface area contributed by atoms with E-state index in [-0.39, 0.29) is 0 Å². The summed E-state index contributed by atoms with van der Waals surface area (Å²) in [5.74, 6) is 2.50. The average molecular weight is 502 g/mol. The van der Waals surface area contributed by atoms with Crippen LogP contribution >= 0.6 is 0 Å². The van der Waals surface area contributed by atoms with Crippen molar-refractivity contribution in [3.63, 3.8) is 0 Å². The van der Waals surface area contributed by atoms with Crippen LogP contribution in [0.1, 0.15) is 22.3 Å². The van der Waals surface area contributed by atoms with Gasteiger partial charge < -0.3 is 9.64 Å². The Bertz CT molecular complexity index is 1750. The molecule has 0 radical (unpaired) electrons. The van der Waals surface area contributed by atoms with Gasteiger partial charge in [0, 0.05) is 34.8 Å². The SMILES string of the molecule is c1cnc(-c2ccc(N3c4ccccc4C4(c5ccccc5Oc5ccccc54)c4ccccc43)cc2)nc1. The number of para-hydroxylation sites is 4. The molecule has 5 aromatic carbocycles. The summed E-state index contributed by atoms with van der Waals surface area (Å²) in [4.78, 5) is 11.2. The molecule has 6 aromatic rings. The number of rotatable bonds is 2. The smallest absolute Gasteiger partial charge is 0.159 e. The van der Waals surface area contributed by atoms with Crippen LogP contribution in [0.4, 0.5) is 17.1 Å². The van der Waals surface area contributed by atoms with Crippen LogP contribution in [0.2, 0.25) is 0 Å². The quantitative estimate of drug-likeness (QED) is 0.238. The summed E-state index contributed by atoms with van der Waals surface area (Å²) in [5.41, 5.74) is 8.59. The highest BCUT2D eigenvalue weighted by Gasteiger charge is 2.50. The second kappa shape index (κ2) is 8.40. The fourth-order valence-electron chi connectivity index (χ4n) is 6.31. The molecule has 0 atom stereocenters. The maximum Gasteiger partial charge on any atom is 0.159 e. The lowest BCUT2D eigenvalue weighted by molar-refractivity contribution is 0.434. The fraction of sp³-hybridized carbons (Fsp3) is 0.0286. The first kappa shape index (κ1) is 21.8. The largest absolute Gasteiger partial charge is 0.457 e. The molecule has 4 nitrogen and oxygen atoms in total. The molecule has 1 spiro atoms. The van der Waals surface area contributed by atoms with Crippen LogP contribution in [0.15, 0.2) is 140 Å². The lowest BCUT2D eigenvalue weighted by Crippen LogP contribution is -2.39. The summed E-state index contributed by atoms with van der Waals surface area (Å²) in [6.45, 7) is 0. The first-order valence-electron chi connectivity index (χ1n) is 13.1. The van der Waals surface area contributed by atoms with Gasteiger partial charge in [-0.2, -0.15) is 0 Å². The monoisotopic (exact) mass is 501 g/mol. The minimum absolute atomic E-state index is 0.521. The topological polar surface area (TPSA) is 38.2 Å². The second-order valence-corrected chi connectivity index (χ2v) is 9.83. The highest BCUT2D eigenvalue weighted by molar-refractivity contribution is 5.91. The van der Waals surface area contributed by atoms with Gasteiger partial charge in [-0.1, -0.05) is 72.8 Å². The highest BCUT2D eigenvalue weighted by Crippen LogP contribution is 2.62. The lowest BCUT2D eigenvalue weighted by Gasteiger charge is -2.48. The fourth-order valence-corrected chi connectivity index (χ4v) is 6.31. The molecule has 0 N–H and O–H groups in total. The van der Waals surface area contributed by atoms with Crippen molar-refractivity contribution in [2.45, 2.75) is 5.41 Å². The molecule has 0 amide bonds. The molecule has 4 heteroatoms. The molecule has 2 aliphatic heterocycles. The van der Waals surface area contributed by atoms with E-state index in [1.54, 1.807) is 12.4 Å². The standard InChI is InChI=1S/C35H23N3O/c1-5-14-30-26(10-1)35(28-12-3-7-16-32(28)39-33-17-8-4-13-29(33)35)27-11-2-6-15-31(27)38(30)25-20-18-24(19-21-25)34-36-22-9-23-37-34/h1-23H. The molecule has 1 aromatic heterocycles. The number of nitrogens with zero attached hydrogens (tertiary/aromatic N) is 3. The van der Waals surface area contributed by atoms with Gasteiger partial charge in [-0.3, -0.25) is 0 Å². The van der Waals surface area contributed by atoms with Gasteiger partial charge >= 0.3 is 0 Å². The third-order valence-corrected chi connectivity index (χ3v) is 7.85. The number of aromatic nitrogens is 2. The van der Waals surface area contributed by atoms with Crippen LogP contribution in [0.3, 0.4) is 0 Å². The number of hydrogen-bond acceptors (Lipinski definition) is 4. The van der Waals surface area contributed by atoms with Crippen molar-refractivity contribution in [2.75, 3.05) is 4.90 Å². The summed E-state index contributed by atoms with van der Waals surface area (Å²) in [6, 6.07) is 44.7. The van der Waals surface area contributed by atoms with E-state index < -0.39 is 5.41 Å². The van der Waals surface area contributed by atoms with Crippen molar-refractivity contribution in [2.24, 2.45) is 0 Å². The summed E-state index contributed by atoms with van der Waals surface area (Å²) in [7, 11) is 0. The van der Waals surface area contributed by atoms with Gasteiger partial charge in [-0.25, -0.2) is 9.97 Å². The molecular formula is C35H23N3O. The van der Waals surface area contributed by atoms with E-state index in [4.69, 9.17) is 4.74 Å². The molecule has 0 aliphatic carbocycles. The second-order valence-electron chi connectivity index (χ2n) is 9.83. The number of anilines is 3. The molecule has 0 saturated heterocycles. The number of benzene rings is 5. The minimum Gasteiger partial charge on any atom is -0.457 e. The van der Waals surface area contributed by atoms with Crippen LogP contribution in [0.5, 0.6) is 11.5 Å². The third-order valence-electron chi connectivity index (χ3n) is 7.85. The Kier molecular flexibility index (Phi) is 4.70. The van der Waals surface area contributed by atoms with E-state index in [2.05, 4.69) is 124 Å². The molecule has 0 unspecified atom stereocenters. The van der Waals surface area contributed by atoms with Crippen LogP contribution in [0.25, 0.3) is 11.4 Å². The first-order chi connectivity index (χ1) is 19.4. The zero-order valence-corrected chi connectivity index (χ0v) is 21.0. The summed E-state index contributed by atoms with van der Waals surface area (Å²) >= 11 is 0. The van der Waals surface area contributed by atoms with Crippen molar-refractivity contribution in [3.8, 4) is 22.9 Å². The van der Waals surface area contributed by atoms with Crippen molar-refractivity contribution in [3.05, 3.63) is 162 Å². The normalized spacial score (nSPS) is 14.0. The molecular weight excluding hydrogens is 478 g/mol. The van der Waals surface area contributed by atoms with Crippen molar-refractivity contribution >= 4 is 17.1 Å². The molecule has 39 heavy (non-hydrogen) atoms. The zero-order chi connectivity index (χ0) is 25.8. The van der Waals surface area contributed by atoms with E-state index in [9.17, 15) is 0 Å². The molecule has 0 saturated carbocycles. The Morgan fingerprint density at radius 2 is 0.974 bits per heavy atom. The van der Waals surface area contributed by atoms with Crippen LogP contribution in [-0.4, -0.2) is 9.97 Å². The Morgan fingerprint density at radius 1 is 0.487 bits per heavy atom. The summed E-state index contributed by atoms with van der Waals surface area (Å²) in [6.07, 6.45) is 3.55. The maximum absolute atomic E-state index is 6.48. The molecule has 3 heterocycles. The van der Waals surface area contributed by atoms with Gasteiger partial charge in [0.05, 0.1) is 16.8 Å². The van der Waals surface area contributed by atoms with Crippen LogP contribution in [-0.2, 0) is 5.41 Å². The highest BCUT2D eigenvalue weighted by atomic mass is 16.5. The number of hydrogen-bond donors (Lipinski definition) is 0. The van der Waals surface area contributed by atoms with Gasteiger partial charge in [0.2, 0.25) is 0 Å². The Hall–Kier alpha value is -5.22. The molecule has 184 valence electrons. The van der Waals surface area contributed by atoms with Crippen molar-refractivity contribution in [1.29, 1.82) is 0 Å². The van der Waals surface area contributed by atoms with Crippen molar-refractivity contribution < 1.29 is 4.74 Å². The first-order valence-corrected chi connectivity index (χ1v) is 13.1. The van der Waals surface area contributed by atoms with Gasteiger partial charge in [0.25, 0.3) is 0 Å². The van der Waals surface area contributed by atoms with E-state index in [1.807, 2.05) is 18.2 Å². The van der Waals surface area contributed by atoms with Gasteiger partial charge in [0.15, 0.2) is 5.82 Å². The Labute approximate surface area is 226 Å². The van der Waals surface area contributed by atoms with Gasteiger partial charge in [0.1, 0.15) is 11.5 Å². The molecule has 8 rings (SSSR count). The molecule has 0 bridgehead atoms. The van der Waals surface area contributed by atoms with Crippen LogP contribution < -0.4 is 9.64 Å². The number of fused-ring (bicyclic) bond motifs is 8. The summed E-state index contributed by atoms with van der Waals surface area (Å²) in [5, 5.41) is 0. The third kappa shape index (κ3) is 3.06. The molecule has 0 fully saturated rings. The minimum atomic E-state index is -0.521. The van der Waals surface area contributed by atoms with Gasteiger partial charge in [-0.05, 0) is 65.7 Å². The Balaban J connectivity index is 1.41. The maximum atomic E-state index is 6.48. The van der Waals surface area contributed by atoms with Crippen molar-refractivity contribution in [1.82, 2.24) is 9.97 Å². The van der Waals surface area contributed by atoms with E-state index >= 15 is 0 Å². The number of ether oxygens (including phenoxy) is 1.